The molecular formula is C27H19F5O8. The molecule has 210 valence electrons. The van der Waals surface area contributed by atoms with Gasteiger partial charge in [0.15, 0.2) is 29.6 Å². The first-order valence-electron chi connectivity index (χ1n) is 11.2. The van der Waals surface area contributed by atoms with Crippen LogP contribution in [-0.2, 0) is 4.79 Å². The predicted molar refractivity (Wildman–Crippen MR) is 128 cm³/mol. The number of methoxy groups -OCH3 is 3. The van der Waals surface area contributed by atoms with Crippen molar-refractivity contribution in [2.45, 2.75) is 6.92 Å². The van der Waals surface area contributed by atoms with Crippen molar-refractivity contribution in [3.8, 4) is 34.5 Å². The van der Waals surface area contributed by atoms with E-state index in [0.717, 1.165) is 0 Å². The maximum atomic E-state index is 13.8. The molecule has 13 heteroatoms. The first-order valence-corrected chi connectivity index (χ1v) is 11.2. The summed E-state index contributed by atoms with van der Waals surface area (Å²) in [4.78, 5) is 25.3. The maximum absolute atomic E-state index is 13.8. The number of rotatable bonds is 8. The lowest BCUT2D eigenvalue weighted by atomic mass is 10.0. The summed E-state index contributed by atoms with van der Waals surface area (Å²) in [5.41, 5.74) is 0.975. The second-order valence-electron chi connectivity index (χ2n) is 8.14. The van der Waals surface area contributed by atoms with Gasteiger partial charge in [0.05, 0.1) is 26.9 Å². The van der Waals surface area contributed by atoms with Crippen molar-refractivity contribution in [2.24, 2.45) is 0 Å². The summed E-state index contributed by atoms with van der Waals surface area (Å²) in [6, 6.07) is 5.76. The van der Waals surface area contributed by atoms with E-state index in [9.17, 15) is 31.5 Å². The number of carbonyl (C=O) groups is 2. The molecule has 3 aromatic rings. The van der Waals surface area contributed by atoms with E-state index in [4.69, 9.17) is 23.7 Å². The molecule has 0 N–H and O–H groups in total. The highest BCUT2D eigenvalue weighted by atomic mass is 19.2. The van der Waals surface area contributed by atoms with E-state index >= 15 is 0 Å². The van der Waals surface area contributed by atoms with E-state index in [1.54, 1.807) is 19.1 Å². The molecule has 0 radical (unpaired) electrons. The second-order valence-corrected chi connectivity index (χ2v) is 8.14. The lowest BCUT2D eigenvalue weighted by molar-refractivity contribution is -0.136. The zero-order chi connectivity index (χ0) is 29.3. The molecule has 0 amide bonds. The predicted octanol–water partition coefficient (Wildman–Crippen LogP) is 5.32. The molecule has 4 rings (SSSR count). The Bertz CT molecular complexity index is 1540. The summed E-state index contributed by atoms with van der Waals surface area (Å²) < 4.78 is 98.7. The highest BCUT2D eigenvalue weighted by Gasteiger charge is 2.32. The average molecular weight is 566 g/mol. The quantitative estimate of drug-likeness (QED) is 0.0905. The van der Waals surface area contributed by atoms with Crippen LogP contribution in [-0.4, -0.2) is 39.7 Å². The number of hydrogen-bond donors (Lipinski definition) is 0. The fourth-order valence-electron chi connectivity index (χ4n) is 3.92. The first kappa shape index (κ1) is 28.2. The fraction of sp³-hybridized carbons (Fsp3) is 0.185. The summed E-state index contributed by atoms with van der Waals surface area (Å²) in [7, 11) is 4.28. The largest absolute Gasteiger partial charge is 0.493 e. The third-order valence-corrected chi connectivity index (χ3v) is 5.70. The highest BCUT2D eigenvalue weighted by molar-refractivity contribution is 6.15. The number of hydrogen-bond acceptors (Lipinski definition) is 8. The Balaban J connectivity index is 1.54. The van der Waals surface area contributed by atoms with Gasteiger partial charge in [-0.25, -0.2) is 18.0 Å². The Morgan fingerprint density at radius 3 is 2.08 bits per heavy atom. The van der Waals surface area contributed by atoms with E-state index in [2.05, 4.69) is 4.74 Å². The van der Waals surface area contributed by atoms with Gasteiger partial charge in [-0.2, -0.15) is 8.78 Å². The molecule has 0 aromatic heterocycles. The Kier molecular flexibility index (Phi) is 7.84. The minimum absolute atomic E-state index is 0.0409. The average Bonchev–Trinajstić information content (AvgIpc) is 3.25. The van der Waals surface area contributed by atoms with Crippen LogP contribution < -0.4 is 28.4 Å². The van der Waals surface area contributed by atoms with Crippen LogP contribution in [0, 0.1) is 36.0 Å². The number of ether oxygens (including phenoxy) is 6. The molecule has 0 saturated carbocycles. The maximum Gasteiger partial charge on any atom is 0.349 e. The van der Waals surface area contributed by atoms with Crippen molar-refractivity contribution in [2.75, 3.05) is 27.9 Å². The molecule has 0 aliphatic carbocycles. The lowest BCUT2D eigenvalue weighted by Crippen LogP contribution is -2.19. The summed E-state index contributed by atoms with van der Waals surface area (Å²) in [5, 5.41) is 0. The van der Waals surface area contributed by atoms with Crippen LogP contribution in [0.3, 0.4) is 0 Å². The van der Waals surface area contributed by atoms with Crippen molar-refractivity contribution < 1.29 is 60.0 Å². The fourth-order valence-corrected chi connectivity index (χ4v) is 3.92. The summed E-state index contributed by atoms with van der Waals surface area (Å²) >= 11 is 0. The molecule has 1 aliphatic rings. The van der Waals surface area contributed by atoms with Crippen molar-refractivity contribution in [3.05, 3.63) is 75.8 Å². The van der Waals surface area contributed by atoms with E-state index in [1.165, 1.54) is 39.5 Å². The number of carbonyl (C=O) groups excluding carboxylic acids is 2. The molecule has 1 aliphatic heterocycles. The number of halogens is 5. The lowest BCUT2D eigenvalue weighted by Gasteiger charge is -2.14. The Labute approximate surface area is 223 Å². The number of Topliss-reactive ketones (excluding diaryl/α,β-unsaturated/α-hetero) is 1. The first-order chi connectivity index (χ1) is 19.0. The molecule has 0 bridgehead atoms. The zero-order valence-corrected chi connectivity index (χ0v) is 21.2. The molecule has 0 unspecified atom stereocenters. The molecular weight excluding hydrogens is 547 g/mol. The van der Waals surface area contributed by atoms with E-state index in [-0.39, 0.29) is 28.6 Å². The number of fused-ring (bicyclic) bond motifs is 1. The number of benzene rings is 3. The number of ketones is 1. The van der Waals surface area contributed by atoms with Crippen LogP contribution in [0.2, 0.25) is 0 Å². The van der Waals surface area contributed by atoms with Crippen LogP contribution in [0.15, 0.2) is 30.0 Å². The van der Waals surface area contributed by atoms with Gasteiger partial charge in [-0.05, 0) is 36.8 Å². The smallest absolute Gasteiger partial charge is 0.349 e. The van der Waals surface area contributed by atoms with Crippen molar-refractivity contribution in [1.82, 2.24) is 0 Å². The van der Waals surface area contributed by atoms with Gasteiger partial charge >= 0.3 is 5.97 Å². The Hall–Kier alpha value is -4.81. The van der Waals surface area contributed by atoms with Gasteiger partial charge < -0.3 is 28.4 Å². The summed E-state index contributed by atoms with van der Waals surface area (Å²) in [5.74, 6) is -13.9. The second kappa shape index (κ2) is 11.1. The van der Waals surface area contributed by atoms with E-state index in [1.807, 2.05) is 0 Å². The molecule has 0 saturated heterocycles. The summed E-state index contributed by atoms with van der Waals surface area (Å²) in [6.45, 7) is 0.348. The van der Waals surface area contributed by atoms with Gasteiger partial charge in [-0.3, -0.25) is 4.79 Å². The van der Waals surface area contributed by atoms with Gasteiger partial charge in [0.25, 0.3) is 0 Å². The minimum Gasteiger partial charge on any atom is -0.493 e. The third kappa shape index (κ3) is 4.97. The van der Waals surface area contributed by atoms with Gasteiger partial charge in [0, 0.05) is 11.6 Å². The molecule has 8 nitrogen and oxygen atoms in total. The number of aryl methyl sites for hydroxylation is 1. The van der Waals surface area contributed by atoms with Gasteiger partial charge in [-0.15, -0.1) is 0 Å². The van der Waals surface area contributed by atoms with Gasteiger partial charge in [0.1, 0.15) is 11.5 Å². The number of allylic oxidation sites excluding steroid dienone is 1. The normalized spacial score (nSPS) is 13.1. The third-order valence-electron chi connectivity index (χ3n) is 5.70. The van der Waals surface area contributed by atoms with Gasteiger partial charge in [-0.1, -0.05) is 0 Å². The van der Waals surface area contributed by atoms with Crippen molar-refractivity contribution >= 4 is 17.8 Å². The van der Waals surface area contributed by atoms with Crippen LogP contribution in [0.25, 0.3) is 6.08 Å². The molecule has 1 heterocycles. The van der Waals surface area contributed by atoms with Gasteiger partial charge in [0.2, 0.25) is 40.6 Å². The SMILES string of the molecule is COc1ccc(/C=C2\Oc3cc(OC(=O)COc4c(F)c(F)c(F)c(F)c4F)cc(C)c3C2=O)c(OC)c1OC. The molecule has 0 spiro atoms. The summed E-state index contributed by atoms with van der Waals surface area (Å²) in [6.07, 6.45) is 1.42. The highest BCUT2D eigenvalue weighted by Crippen LogP contribution is 2.43. The van der Waals surface area contributed by atoms with Crippen LogP contribution in [0.1, 0.15) is 21.5 Å². The minimum atomic E-state index is -2.37. The molecule has 0 atom stereocenters. The van der Waals surface area contributed by atoms with Crippen molar-refractivity contribution in [1.29, 1.82) is 0 Å². The Morgan fingerprint density at radius 1 is 0.850 bits per heavy atom. The van der Waals surface area contributed by atoms with Crippen LogP contribution in [0.5, 0.6) is 34.5 Å². The van der Waals surface area contributed by atoms with Crippen molar-refractivity contribution in [3.63, 3.8) is 0 Å². The molecule has 0 fully saturated rings. The monoisotopic (exact) mass is 566 g/mol. The zero-order valence-electron chi connectivity index (χ0n) is 21.2. The number of esters is 1. The molecule has 40 heavy (non-hydrogen) atoms. The van der Waals surface area contributed by atoms with E-state index < -0.39 is 53.2 Å². The standard InChI is InChI=1S/C27H19F5O8/c1-11-7-13(39-17(33)10-38-27-22(31)20(29)19(28)21(30)23(27)32)9-15-18(11)24(34)16(40-15)8-12-5-6-14(35-2)26(37-4)25(12)36-3/h5-9H,10H2,1-4H3/b16-8-. The van der Waals surface area contributed by atoms with E-state index in [0.29, 0.717) is 22.6 Å². The molecule has 3 aromatic carbocycles. The van der Waals surface area contributed by atoms with Crippen LogP contribution >= 0.6 is 0 Å². The topological polar surface area (TPSA) is 89.5 Å². The Morgan fingerprint density at radius 2 is 1.48 bits per heavy atom. The van der Waals surface area contributed by atoms with Crippen LogP contribution in [0.4, 0.5) is 22.0 Å².